The van der Waals surface area contributed by atoms with Crippen LogP contribution in [0.4, 0.5) is 0 Å². The first-order valence-electron chi connectivity index (χ1n) is 7.40. The number of unbranched alkanes of at least 4 members (excludes halogenated alkanes) is 5. The summed E-state index contributed by atoms with van der Waals surface area (Å²) in [5.74, 6) is -0.434. The molecule has 5 heteroatoms. The quantitative estimate of drug-likeness (QED) is 0.525. The number of hydrogen-bond acceptors (Lipinski definition) is 3. The molecule has 1 aliphatic carbocycles. The molecule has 1 aliphatic rings. The molecular weight excluding hydrogens is 276 g/mol. The molecule has 1 unspecified atom stereocenters. The molecule has 0 heterocycles. The minimum absolute atomic E-state index is 0.0910. The molecule has 1 rings (SSSR count). The molecule has 0 spiro atoms. The average molecular weight is 302 g/mol. The van der Waals surface area contributed by atoms with Gasteiger partial charge in [-0.3, -0.25) is 4.55 Å². The van der Waals surface area contributed by atoms with Crippen molar-refractivity contribution in [2.45, 2.75) is 63.5 Å². The second kappa shape index (κ2) is 7.27. The van der Waals surface area contributed by atoms with Gasteiger partial charge in [0.25, 0.3) is 10.1 Å². The Balaban J connectivity index is 2.70. The standard InChI is InChI=1S/C15H26O4S/c1-3-4-5-6-7-8-11-15(20(17,18)19)12-14(16)10-9-13(15)2/h9-10,12-13,16H,3-8,11H2,1-2H3,(H,17,18,19)/t13-,15?/m0/s1. The fraction of sp³-hybridized carbons (Fsp3) is 0.733. The third-order valence-corrected chi connectivity index (χ3v) is 5.77. The lowest BCUT2D eigenvalue weighted by atomic mass is 9.84. The fourth-order valence-electron chi connectivity index (χ4n) is 2.76. The molecule has 0 saturated carbocycles. The number of rotatable bonds is 8. The largest absolute Gasteiger partial charge is 0.508 e. The van der Waals surface area contributed by atoms with E-state index in [1.54, 1.807) is 13.0 Å². The second-order valence-corrected chi connectivity index (χ2v) is 7.37. The Labute approximate surface area is 122 Å². The SMILES string of the molecule is CCCCCCCCC1(S(=O)(=O)O)C=C(O)C=C[C@@H]1C. The van der Waals surface area contributed by atoms with E-state index in [0.29, 0.717) is 6.42 Å². The van der Waals surface area contributed by atoms with E-state index in [1.807, 2.05) is 0 Å². The molecule has 0 saturated heterocycles. The topological polar surface area (TPSA) is 74.6 Å². The summed E-state index contributed by atoms with van der Waals surface area (Å²) in [7, 11) is -4.25. The van der Waals surface area contributed by atoms with Crippen molar-refractivity contribution in [3.05, 3.63) is 24.0 Å². The predicted molar refractivity (Wildman–Crippen MR) is 81.3 cm³/mol. The van der Waals surface area contributed by atoms with Gasteiger partial charge in [0.1, 0.15) is 10.5 Å². The Kier molecular flexibility index (Phi) is 6.27. The van der Waals surface area contributed by atoms with E-state index in [0.717, 1.165) is 25.7 Å². The highest BCUT2D eigenvalue weighted by molar-refractivity contribution is 7.87. The summed E-state index contributed by atoms with van der Waals surface area (Å²) in [5.41, 5.74) is 0. The van der Waals surface area contributed by atoms with Crippen LogP contribution in [0.25, 0.3) is 0 Å². The van der Waals surface area contributed by atoms with Crippen molar-refractivity contribution in [3.8, 4) is 0 Å². The Hall–Kier alpha value is -0.810. The van der Waals surface area contributed by atoms with E-state index < -0.39 is 14.9 Å². The lowest BCUT2D eigenvalue weighted by Crippen LogP contribution is -2.43. The first-order valence-corrected chi connectivity index (χ1v) is 8.84. The molecule has 2 atom stereocenters. The van der Waals surface area contributed by atoms with Crippen molar-refractivity contribution in [2.75, 3.05) is 0 Å². The maximum Gasteiger partial charge on any atom is 0.275 e. The Morgan fingerprint density at radius 2 is 1.80 bits per heavy atom. The molecule has 0 aliphatic heterocycles. The fourth-order valence-corrected chi connectivity index (χ4v) is 3.98. The van der Waals surface area contributed by atoms with Crippen molar-refractivity contribution in [2.24, 2.45) is 5.92 Å². The summed E-state index contributed by atoms with van der Waals surface area (Å²) in [5, 5.41) is 9.60. The maximum absolute atomic E-state index is 11.8. The van der Waals surface area contributed by atoms with E-state index in [1.165, 1.54) is 25.0 Å². The first-order chi connectivity index (χ1) is 9.33. The zero-order chi connectivity index (χ0) is 15.2. The summed E-state index contributed by atoms with van der Waals surface area (Å²) in [4.78, 5) is 0. The van der Waals surface area contributed by atoms with Gasteiger partial charge in [0, 0.05) is 5.92 Å². The van der Waals surface area contributed by atoms with Gasteiger partial charge in [-0.1, -0.05) is 58.4 Å². The molecule has 0 aromatic heterocycles. The van der Waals surface area contributed by atoms with E-state index in [-0.39, 0.29) is 11.7 Å². The maximum atomic E-state index is 11.8. The van der Waals surface area contributed by atoms with Crippen molar-refractivity contribution < 1.29 is 18.1 Å². The van der Waals surface area contributed by atoms with Crippen LogP contribution < -0.4 is 0 Å². The van der Waals surface area contributed by atoms with E-state index in [4.69, 9.17) is 0 Å². The van der Waals surface area contributed by atoms with Gasteiger partial charge >= 0.3 is 0 Å². The molecule has 0 aromatic carbocycles. The molecule has 116 valence electrons. The molecule has 0 radical (unpaired) electrons. The summed E-state index contributed by atoms with van der Waals surface area (Å²) < 4.78 is 31.8. The Morgan fingerprint density at radius 3 is 2.40 bits per heavy atom. The minimum atomic E-state index is -4.25. The molecule has 0 amide bonds. The highest BCUT2D eigenvalue weighted by Crippen LogP contribution is 2.38. The van der Waals surface area contributed by atoms with Crippen LogP contribution in [-0.4, -0.2) is 22.8 Å². The average Bonchev–Trinajstić information content (AvgIpc) is 2.36. The van der Waals surface area contributed by atoms with Gasteiger partial charge in [-0.15, -0.1) is 0 Å². The lowest BCUT2D eigenvalue weighted by molar-refractivity contribution is 0.363. The van der Waals surface area contributed by atoms with Gasteiger partial charge in [0.2, 0.25) is 0 Å². The van der Waals surface area contributed by atoms with Crippen LogP contribution in [0.15, 0.2) is 24.0 Å². The van der Waals surface area contributed by atoms with Gasteiger partial charge < -0.3 is 5.11 Å². The smallest absolute Gasteiger partial charge is 0.275 e. The van der Waals surface area contributed by atoms with Gasteiger partial charge in [0.05, 0.1) is 0 Å². The molecule has 0 bridgehead atoms. The van der Waals surface area contributed by atoms with Crippen LogP contribution in [0.1, 0.15) is 58.8 Å². The molecule has 0 fully saturated rings. The zero-order valence-electron chi connectivity index (χ0n) is 12.4. The van der Waals surface area contributed by atoms with Crippen LogP contribution in [0, 0.1) is 5.92 Å². The van der Waals surface area contributed by atoms with Gasteiger partial charge in [0.15, 0.2) is 0 Å². The highest BCUT2D eigenvalue weighted by Gasteiger charge is 2.46. The van der Waals surface area contributed by atoms with Crippen molar-refractivity contribution in [1.29, 1.82) is 0 Å². The highest BCUT2D eigenvalue weighted by atomic mass is 32.2. The van der Waals surface area contributed by atoms with Crippen LogP contribution in [-0.2, 0) is 10.1 Å². The van der Waals surface area contributed by atoms with E-state index in [9.17, 15) is 18.1 Å². The van der Waals surface area contributed by atoms with Crippen LogP contribution >= 0.6 is 0 Å². The monoisotopic (exact) mass is 302 g/mol. The normalized spacial score (nSPS) is 26.6. The molecule has 0 aromatic rings. The van der Waals surface area contributed by atoms with Crippen molar-refractivity contribution >= 4 is 10.1 Å². The van der Waals surface area contributed by atoms with Crippen LogP contribution in [0.3, 0.4) is 0 Å². The molecular formula is C15H26O4S. The van der Waals surface area contributed by atoms with Crippen molar-refractivity contribution in [3.63, 3.8) is 0 Å². The molecule has 2 N–H and O–H groups in total. The predicted octanol–water partition coefficient (Wildman–Crippen LogP) is 4.01. The Bertz CT molecular complexity index is 464. The number of aliphatic hydroxyl groups is 1. The summed E-state index contributed by atoms with van der Waals surface area (Å²) in [6.45, 7) is 3.90. The zero-order valence-corrected chi connectivity index (χ0v) is 13.2. The number of aliphatic hydroxyl groups excluding tert-OH is 1. The summed E-state index contributed by atoms with van der Waals surface area (Å²) >= 11 is 0. The number of allylic oxidation sites excluding steroid dienone is 2. The molecule has 20 heavy (non-hydrogen) atoms. The van der Waals surface area contributed by atoms with E-state index >= 15 is 0 Å². The first kappa shape index (κ1) is 17.2. The van der Waals surface area contributed by atoms with Crippen molar-refractivity contribution in [1.82, 2.24) is 0 Å². The Morgan fingerprint density at radius 1 is 1.20 bits per heavy atom. The third-order valence-electron chi connectivity index (χ3n) is 4.12. The number of hydrogen-bond donors (Lipinski definition) is 2. The van der Waals surface area contributed by atoms with Gasteiger partial charge in [-0.25, -0.2) is 0 Å². The van der Waals surface area contributed by atoms with Gasteiger partial charge in [-0.05, 0) is 18.6 Å². The third kappa shape index (κ3) is 4.09. The lowest BCUT2D eigenvalue weighted by Gasteiger charge is -2.34. The summed E-state index contributed by atoms with van der Waals surface area (Å²) in [6, 6.07) is 0. The van der Waals surface area contributed by atoms with E-state index in [2.05, 4.69) is 6.92 Å². The second-order valence-electron chi connectivity index (χ2n) is 5.66. The molecule has 4 nitrogen and oxygen atoms in total. The van der Waals surface area contributed by atoms with Crippen LogP contribution in [0.5, 0.6) is 0 Å². The minimum Gasteiger partial charge on any atom is -0.508 e. The summed E-state index contributed by atoms with van der Waals surface area (Å²) in [6.07, 6.45) is 11.0. The van der Waals surface area contributed by atoms with Gasteiger partial charge in [-0.2, -0.15) is 8.42 Å². The van der Waals surface area contributed by atoms with Crippen LogP contribution in [0.2, 0.25) is 0 Å².